The van der Waals surface area contributed by atoms with Gasteiger partial charge in [0, 0.05) is 17.3 Å². The molecule has 6 nitrogen and oxygen atoms in total. The zero-order chi connectivity index (χ0) is 17.8. The molecule has 0 spiro atoms. The normalized spacial score (nSPS) is 17.0. The van der Waals surface area contributed by atoms with E-state index in [1.165, 1.54) is 11.8 Å². The molecule has 1 aromatic carbocycles. The van der Waals surface area contributed by atoms with Crippen LogP contribution in [0.15, 0.2) is 23.4 Å². The van der Waals surface area contributed by atoms with E-state index in [0.29, 0.717) is 10.7 Å². The first kappa shape index (κ1) is 18.2. The Hall–Kier alpha value is -1.57. The van der Waals surface area contributed by atoms with Crippen molar-refractivity contribution in [2.24, 2.45) is 0 Å². The van der Waals surface area contributed by atoms with Crippen molar-refractivity contribution in [1.82, 2.24) is 14.8 Å². The summed E-state index contributed by atoms with van der Waals surface area (Å²) in [5, 5.41) is 12.5. The number of benzene rings is 1. The fraction of sp³-hybridized carbons (Fsp3) is 0.471. The van der Waals surface area contributed by atoms with Crippen LogP contribution in [0.4, 0.5) is 5.69 Å². The number of carbonyl (C=O) groups excluding carboxylic acids is 1. The molecule has 0 unspecified atom stereocenters. The van der Waals surface area contributed by atoms with Gasteiger partial charge >= 0.3 is 0 Å². The predicted molar refractivity (Wildman–Crippen MR) is 99.3 cm³/mol. The molecule has 1 aromatic heterocycles. The van der Waals surface area contributed by atoms with Crippen LogP contribution in [-0.2, 0) is 16.1 Å². The van der Waals surface area contributed by atoms with E-state index in [2.05, 4.69) is 15.5 Å². The third-order valence-corrected chi connectivity index (χ3v) is 5.47. The van der Waals surface area contributed by atoms with Crippen molar-refractivity contribution in [3.05, 3.63) is 34.6 Å². The van der Waals surface area contributed by atoms with Crippen molar-refractivity contribution in [3.63, 3.8) is 0 Å². The molecule has 1 fully saturated rings. The van der Waals surface area contributed by atoms with Gasteiger partial charge < -0.3 is 14.6 Å². The third-order valence-electron chi connectivity index (χ3n) is 4.10. The van der Waals surface area contributed by atoms with Gasteiger partial charge in [-0.1, -0.05) is 29.4 Å². The van der Waals surface area contributed by atoms with Crippen molar-refractivity contribution in [2.45, 2.75) is 44.5 Å². The molecule has 134 valence electrons. The second-order valence-electron chi connectivity index (χ2n) is 6.08. The maximum Gasteiger partial charge on any atom is 0.234 e. The minimum absolute atomic E-state index is 0.103. The zero-order valence-corrected chi connectivity index (χ0v) is 15.9. The van der Waals surface area contributed by atoms with Gasteiger partial charge in [0.2, 0.25) is 5.91 Å². The SMILES string of the molecule is Cc1ccc(NC(=O)CSc2nnc(C)n2C[C@@H]2CCCO2)cc1Cl. The fourth-order valence-corrected chi connectivity index (χ4v) is 3.64. The van der Waals surface area contributed by atoms with Crippen LogP contribution in [0, 0.1) is 13.8 Å². The summed E-state index contributed by atoms with van der Waals surface area (Å²) in [6.07, 6.45) is 2.35. The van der Waals surface area contributed by atoms with Gasteiger partial charge in [-0.15, -0.1) is 10.2 Å². The lowest BCUT2D eigenvalue weighted by Crippen LogP contribution is -2.18. The molecular formula is C17H21ClN4O2S. The molecule has 1 N–H and O–H groups in total. The number of anilines is 1. The Labute approximate surface area is 156 Å². The topological polar surface area (TPSA) is 69.0 Å². The minimum Gasteiger partial charge on any atom is -0.376 e. The molecular weight excluding hydrogens is 360 g/mol. The predicted octanol–water partition coefficient (Wildman–Crippen LogP) is 3.46. The van der Waals surface area contributed by atoms with Crippen LogP contribution in [0.25, 0.3) is 0 Å². The van der Waals surface area contributed by atoms with Crippen molar-refractivity contribution in [3.8, 4) is 0 Å². The lowest BCUT2D eigenvalue weighted by atomic mass is 10.2. The Bertz CT molecular complexity index is 759. The first-order valence-corrected chi connectivity index (χ1v) is 9.59. The molecule has 0 bridgehead atoms. The van der Waals surface area contributed by atoms with E-state index in [1.54, 1.807) is 6.07 Å². The number of amides is 1. The van der Waals surface area contributed by atoms with E-state index in [-0.39, 0.29) is 17.8 Å². The maximum atomic E-state index is 12.2. The van der Waals surface area contributed by atoms with Gasteiger partial charge in [0.25, 0.3) is 0 Å². The summed E-state index contributed by atoms with van der Waals surface area (Å²) in [4.78, 5) is 12.2. The second kappa shape index (κ2) is 8.21. The summed E-state index contributed by atoms with van der Waals surface area (Å²) in [5.74, 6) is 0.993. The fourth-order valence-electron chi connectivity index (χ4n) is 2.67. The summed E-state index contributed by atoms with van der Waals surface area (Å²) in [6.45, 7) is 5.39. The third kappa shape index (κ3) is 4.74. The quantitative estimate of drug-likeness (QED) is 0.777. The van der Waals surface area contributed by atoms with Gasteiger partial charge in [-0.25, -0.2) is 0 Å². The minimum atomic E-state index is -0.103. The molecule has 0 radical (unpaired) electrons. The van der Waals surface area contributed by atoms with E-state index >= 15 is 0 Å². The van der Waals surface area contributed by atoms with Gasteiger partial charge in [-0.05, 0) is 44.4 Å². The summed E-state index contributed by atoms with van der Waals surface area (Å²) in [6, 6.07) is 5.48. The number of halogens is 1. The average Bonchev–Trinajstić information content (AvgIpc) is 3.21. The van der Waals surface area contributed by atoms with Crippen LogP contribution in [0.2, 0.25) is 5.02 Å². The largest absolute Gasteiger partial charge is 0.376 e. The highest BCUT2D eigenvalue weighted by molar-refractivity contribution is 7.99. The highest BCUT2D eigenvalue weighted by Gasteiger charge is 2.20. The molecule has 2 aromatic rings. The number of hydrogen-bond acceptors (Lipinski definition) is 5. The summed E-state index contributed by atoms with van der Waals surface area (Å²) in [7, 11) is 0. The molecule has 1 amide bonds. The number of hydrogen-bond donors (Lipinski definition) is 1. The molecule has 2 heterocycles. The molecule has 1 atom stereocenters. The lowest BCUT2D eigenvalue weighted by Gasteiger charge is -2.13. The summed E-state index contributed by atoms with van der Waals surface area (Å²) >= 11 is 7.46. The summed E-state index contributed by atoms with van der Waals surface area (Å²) < 4.78 is 7.71. The second-order valence-corrected chi connectivity index (χ2v) is 7.43. The summed E-state index contributed by atoms with van der Waals surface area (Å²) in [5.41, 5.74) is 1.67. The highest BCUT2D eigenvalue weighted by Crippen LogP contribution is 2.23. The number of nitrogens with one attached hydrogen (secondary N) is 1. The smallest absolute Gasteiger partial charge is 0.234 e. The van der Waals surface area contributed by atoms with Crippen molar-refractivity contribution in [2.75, 3.05) is 17.7 Å². The van der Waals surface area contributed by atoms with Gasteiger partial charge in [0.15, 0.2) is 5.16 Å². The molecule has 3 rings (SSSR count). The molecule has 1 aliphatic rings. The van der Waals surface area contributed by atoms with Crippen LogP contribution >= 0.6 is 23.4 Å². The number of carbonyl (C=O) groups is 1. The van der Waals surface area contributed by atoms with Crippen LogP contribution in [0.1, 0.15) is 24.2 Å². The molecule has 1 saturated heterocycles. The zero-order valence-electron chi connectivity index (χ0n) is 14.3. The van der Waals surface area contributed by atoms with E-state index in [4.69, 9.17) is 16.3 Å². The lowest BCUT2D eigenvalue weighted by molar-refractivity contribution is -0.113. The number of nitrogens with zero attached hydrogens (tertiary/aromatic N) is 3. The van der Waals surface area contributed by atoms with Crippen molar-refractivity contribution in [1.29, 1.82) is 0 Å². The number of thioether (sulfide) groups is 1. The highest BCUT2D eigenvalue weighted by atomic mass is 35.5. The van der Waals surface area contributed by atoms with Crippen LogP contribution in [0.3, 0.4) is 0 Å². The van der Waals surface area contributed by atoms with E-state index in [9.17, 15) is 4.79 Å². The molecule has 0 saturated carbocycles. The van der Waals surface area contributed by atoms with E-state index < -0.39 is 0 Å². The standard InChI is InChI=1S/C17H21ClN4O2S/c1-11-5-6-13(8-15(11)18)19-16(23)10-25-17-21-20-12(2)22(17)9-14-4-3-7-24-14/h5-6,8,14H,3-4,7,9-10H2,1-2H3,(H,19,23)/t14-/m0/s1. The van der Waals surface area contributed by atoms with Gasteiger partial charge in [0.05, 0.1) is 18.4 Å². The van der Waals surface area contributed by atoms with Crippen molar-refractivity contribution >= 4 is 35.0 Å². The first-order chi connectivity index (χ1) is 12.0. The maximum absolute atomic E-state index is 12.2. The van der Waals surface area contributed by atoms with Crippen LogP contribution in [0.5, 0.6) is 0 Å². The monoisotopic (exact) mass is 380 g/mol. The average molecular weight is 381 g/mol. The molecule has 25 heavy (non-hydrogen) atoms. The van der Waals surface area contributed by atoms with E-state index in [1.807, 2.05) is 30.5 Å². The van der Waals surface area contributed by atoms with Gasteiger partial charge in [-0.2, -0.15) is 0 Å². The Morgan fingerprint density at radius 1 is 1.44 bits per heavy atom. The Morgan fingerprint density at radius 2 is 2.28 bits per heavy atom. The molecule has 1 aliphatic heterocycles. The van der Waals surface area contributed by atoms with Gasteiger partial charge in [0.1, 0.15) is 5.82 Å². The number of aromatic nitrogens is 3. The first-order valence-electron chi connectivity index (χ1n) is 8.23. The van der Waals surface area contributed by atoms with Crippen LogP contribution in [-0.4, -0.2) is 39.1 Å². The molecule has 0 aliphatic carbocycles. The molecule has 8 heteroatoms. The number of ether oxygens (including phenoxy) is 1. The van der Waals surface area contributed by atoms with Crippen LogP contribution < -0.4 is 5.32 Å². The Balaban J connectivity index is 1.57. The number of aryl methyl sites for hydroxylation is 2. The Kier molecular flexibility index (Phi) is 5.98. The van der Waals surface area contributed by atoms with Crippen molar-refractivity contribution < 1.29 is 9.53 Å². The number of rotatable bonds is 6. The van der Waals surface area contributed by atoms with E-state index in [0.717, 1.165) is 42.5 Å². The Morgan fingerprint density at radius 3 is 3.00 bits per heavy atom. The van der Waals surface area contributed by atoms with Gasteiger partial charge in [-0.3, -0.25) is 4.79 Å².